The maximum absolute atomic E-state index is 12.9. The van der Waals surface area contributed by atoms with Gasteiger partial charge in [-0.1, -0.05) is 23.7 Å². The molecule has 0 saturated carbocycles. The highest BCUT2D eigenvalue weighted by Gasteiger charge is 2.39. The molecule has 1 atom stereocenters. The molecule has 2 rings (SSSR count). The highest BCUT2D eigenvalue weighted by Crippen LogP contribution is 2.42. The van der Waals surface area contributed by atoms with Gasteiger partial charge >= 0.3 is 12.4 Å². The Labute approximate surface area is 146 Å². The zero-order valence-corrected chi connectivity index (χ0v) is 13.9. The lowest BCUT2D eigenvalue weighted by Crippen LogP contribution is -2.46. The molecule has 1 aromatic rings. The van der Waals surface area contributed by atoms with Gasteiger partial charge in [-0.2, -0.15) is 26.3 Å². The molecule has 1 aliphatic rings. The van der Waals surface area contributed by atoms with Crippen LogP contribution in [0.3, 0.4) is 0 Å². The van der Waals surface area contributed by atoms with Crippen LogP contribution in [0.2, 0.25) is 5.02 Å². The van der Waals surface area contributed by atoms with Crippen LogP contribution in [0.15, 0.2) is 18.2 Å². The zero-order chi connectivity index (χ0) is 17.3. The van der Waals surface area contributed by atoms with Gasteiger partial charge in [0.15, 0.2) is 0 Å². The van der Waals surface area contributed by atoms with E-state index in [0.29, 0.717) is 26.2 Å². The number of nitrogens with zero attached hydrogens (tertiary/aromatic N) is 1. The topological polar surface area (TPSA) is 15.3 Å². The second kappa shape index (κ2) is 8.12. The van der Waals surface area contributed by atoms with Crippen LogP contribution in [0.25, 0.3) is 0 Å². The summed E-state index contributed by atoms with van der Waals surface area (Å²) in [6.45, 7) is 1.58. The summed E-state index contributed by atoms with van der Waals surface area (Å²) in [6, 6.07) is 1.87. The van der Waals surface area contributed by atoms with E-state index in [1.807, 2.05) is 0 Å². The first kappa shape index (κ1) is 21.3. The Hall–Kier alpha value is -0.700. The van der Waals surface area contributed by atoms with Crippen LogP contribution in [0, 0.1) is 0 Å². The highest BCUT2D eigenvalue weighted by atomic mass is 35.5. The number of hydrogen-bond donors (Lipinski definition) is 1. The Morgan fingerprint density at radius 1 is 1.08 bits per heavy atom. The number of alkyl halides is 6. The molecule has 0 aromatic heterocycles. The van der Waals surface area contributed by atoms with Crippen LogP contribution < -0.4 is 5.32 Å². The minimum Gasteiger partial charge on any atom is -0.314 e. The summed E-state index contributed by atoms with van der Waals surface area (Å²) >= 11 is 5.81. The molecule has 0 bridgehead atoms. The normalized spacial score (nSPS) is 18.1. The van der Waals surface area contributed by atoms with Gasteiger partial charge in [0.05, 0.1) is 17.0 Å². The van der Waals surface area contributed by atoms with Crippen molar-refractivity contribution in [3.63, 3.8) is 0 Å². The average Bonchev–Trinajstić information content (AvgIpc) is 2.44. The van der Waals surface area contributed by atoms with Crippen LogP contribution in [0.1, 0.15) is 23.6 Å². The molecule has 1 aromatic carbocycles. The van der Waals surface area contributed by atoms with Crippen molar-refractivity contribution < 1.29 is 26.3 Å². The smallest absolute Gasteiger partial charge is 0.314 e. The first-order valence-corrected chi connectivity index (χ1v) is 7.34. The summed E-state index contributed by atoms with van der Waals surface area (Å²) in [7, 11) is 0. The summed E-state index contributed by atoms with van der Waals surface area (Å²) in [5, 5.41) is 2.34. The number of benzene rings is 1. The Kier molecular flexibility index (Phi) is 7.22. The predicted molar refractivity (Wildman–Crippen MR) is 81.6 cm³/mol. The summed E-state index contributed by atoms with van der Waals surface area (Å²) in [5.41, 5.74) is -1.25. The number of piperazine rings is 1. The van der Waals surface area contributed by atoms with E-state index >= 15 is 0 Å². The second-order valence-corrected chi connectivity index (χ2v) is 5.71. The summed E-state index contributed by atoms with van der Waals surface area (Å²) in [5.74, 6) is 0. The molecule has 1 saturated heterocycles. The molecule has 1 fully saturated rings. The van der Waals surface area contributed by atoms with Gasteiger partial charge in [0.1, 0.15) is 0 Å². The Balaban J connectivity index is 0.00000288. The molecule has 0 spiro atoms. The van der Waals surface area contributed by atoms with Crippen molar-refractivity contribution in [1.29, 1.82) is 0 Å². The van der Waals surface area contributed by atoms with E-state index in [1.54, 1.807) is 0 Å². The van der Waals surface area contributed by atoms with Crippen molar-refractivity contribution >= 4 is 24.0 Å². The lowest BCUT2D eigenvalue weighted by atomic mass is 9.98. The number of nitrogens with one attached hydrogen (secondary N) is 1. The first-order chi connectivity index (χ1) is 10.6. The maximum atomic E-state index is 12.9. The van der Waals surface area contributed by atoms with Crippen molar-refractivity contribution in [3.8, 4) is 0 Å². The first-order valence-electron chi connectivity index (χ1n) is 6.97. The number of halogens is 8. The summed E-state index contributed by atoms with van der Waals surface area (Å²) < 4.78 is 77.5. The van der Waals surface area contributed by atoms with Gasteiger partial charge in [0.25, 0.3) is 0 Å². The molecule has 0 radical (unpaired) electrons. The molecule has 24 heavy (non-hydrogen) atoms. The summed E-state index contributed by atoms with van der Waals surface area (Å²) in [4.78, 5) is 1.52. The van der Waals surface area contributed by atoms with Crippen LogP contribution in [-0.4, -0.2) is 37.3 Å². The molecule has 10 heteroatoms. The summed E-state index contributed by atoms with van der Waals surface area (Å²) in [6.07, 6.45) is -10.5. The van der Waals surface area contributed by atoms with Crippen molar-refractivity contribution in [1.82, 2.24) is 10.2 Å². The van der Waals surface area contributed by atoms with Crippen LogP contribution in [0.5, 0.6) is 0 Å². The van der Waals surface area contributed by atoms with Gasteiger partial charge in [0, 0.05) is 32.2 Å². The fourth-order valence-electron chi connectivity index (χ4n) is 2.67. The largest absolute Gasteiger partial charge is 0.417 e. The average molecular weight is 397 g/mol. The molecule has 0 unspecified atom stereocenters. The molecule has 1 N–H and O–H groups in total. The Bertz CT molecular complexity index is 541. The monoisotopic (exact) mass is 396 g/mol. The lowest BCUT2D eigenvalue weighted by molar-refractivity contribution is -0.148. The van der Waals surface area contributed by atoms with Gasteiger partial charge in [0.2, 0.25) is 0 Å². The maximum Gasteiger partial charge on any atom is 0.417 e. The molecular formula is C14H16Cl2F6N2. The highest BCUT2D eigenvalue weighted by molar-refractivity contribution is 6.32. The standard InChI is InChI=1S/C14H15ClF6N2.ClH/c15-12-9(2-1-3-10(12)14(19,20)21)11(8-13(16,17)18)23-6-4-22-5-7-23;/h1-3,11,22H,4-8H2;1H/t11-;/m1./s1. The molecule has 1 heterocycles. The van der Waals surface area contributed by atoms with Crippen LogP contribution >= 0.6 is 24.0 Å². The van der Waals surface area contributed by atoms with E-state index in [-0.39, 0.29) is 18.0 Å². The van der Waals surface area contributed by atoms with E-state index in [0.717, 1.165) is 12.1 Å². The van der Waals surface area contributed by atoms with Gasteiger partial charge in [-0.25, -0.2) is 0 Å². The van der Waals surface area contributed by atoms with E-state index in [9.17, 15) is 26.3 Å². The van der Waals surface area contributed by atoms with Crippen LogP contribution in [0.4, 0.5) is 26.3 Å². The van der Waals surface area contributed by atoms with Gasteiger partial charge in [-0.3, -0.25) is 4.90 Å². The molecule has 1 aliphatic heterocycles. The quantitative estimate of drug-likeness (QED) is 0.746. The fourth-order valence-corrected chi connectivity index (χ4v) is 3.03. The third-order valence-electron chi connectivity index (χ3n) is 3.71. The Morgan fingerprint density at radius 2 is 1.67 bits per heavy atom. The molecular weight excluding hydrogens is 381 g/mol. The SMILES string of the molecule is Cl.FC(F)(F)C[C@H](c1cccc(C(F)(F)F)c1Cl)N1CCNCC1. The van der Waals surface area contributed by atoms with Gasteiger partial charge in [-0.15, -0.1) is 12.4 Å². The van der Waals surface area contributed by atoms with Gasteiger partial charge in [-0.05, 0) is 11.6 Å². The van der Waals surface area contributed by atoms with Crippen molar-refractivity contribution in [2.24, 2.45) is 0 Å². The predicted octanol–water partition coefficient (Wildman–Crippen LogP) is 4.68. The molecule has 2 nitrogen and oxygen atoms in total. The molecule has 0 aliphatic carbocycles. The zero-order valence-electron chi connectivity index (χ0n) is 12.3. The van der Waals surface area contributed by atoms with E-state index in [1.165, 1.54) is 11.0 Å². The third-order valence-corrected chi connectivity index (χ3v) is 4.13. The van der Waals surface area contributed by atoms with Crippen molar-refractivity contribution in [2.45, 2.75) is 24.8 Å². The van der Waals surface area contributed by atoms with Crippen molar-refractivity contribution in [2.75, 3.05) is 26.2 Å². The van der Waals surface area contributed by atoms with E-state index in [4.69, 9.17) is 11.6 Å². The number of rotatable bonds is 3. The fraction of sp³-hybridized carbons (Fsp3) is 0.571. The Morgan fingerprint density at radius 3 is 2.17 bits per heavy atom. The van der Waals surface area contributed by atoms with E-state index < -0.39 is 35.4 Å². The lowest BCUT2D eigenvalue weighted by Gasteiger charge is -2.36. The second-order valence-electron chi connectivity index (χ2n) is 5.33. The minimum absolute atomic E-state index is 0. The molecule has 138 valence electrons. The molecule has 0 amide bonds. The minimum atomic E-state index is -4.71. The van der Waals surface area contributed by atoms with Crippen molar-refractivity contribution in [3.05, 3.63) is 34.3 Å². The third kappa shape index (κ3) is 5.40. The van der Waals surface area contributed by atoms with Crippen LogP contribution in [-0.2, 0) is 6.18 Å². The van der Waals surface area contributed by atoms with Gasteiger partial charge < -0.3 is 5.32 Å². The van der Waals surface area contributed by atoms with E-state index in [2.05, 4.69) is 5.32 Å². The number of hydrogen-bond acceptors (Lipinski definition) is 2.